The van der Waals surface area contributed by atoms with Gasteiger partial charge in [0, 0.05) is 17.4 Å². The first-order valence-corrected chi connectivity index (χ1v) is 13.0. The Bertz CT molecular complexity index is 1620. The second-order valence-corrected chi connectivity index (χ2v) is 10.4. The number of nitrogens with one attached hydrogen (secondary N) is 1. The highest BCUT2D eigenvalue weighted by atomic mass is 19.4. The number of aliphatic carboxylic acids is 1. The third-order valence-electron chi connectivity index (χ3n) is 7.80. The average molecular weight is 594 g/mol. The summed E-state index contributed by atoms with van der Waals surface area (Å²) >= 11 is 0. The number of carboxylic acid groups (broad SMARTS) is 1. The molecular formula is C29H25F6N3O4. The molecule has 1 fully saturated rings. The minimum absolute atomic E-state index is 0.331. The van der Waals surface area contributed by atoms with Crippen LogP contribution in [-0.2, 0) is 16.0 Å². The number of hydrogen-bond donors (Lipinski definition) is 2. The molecule has 0 spiro atoms. The quantitative estimate of drug-likeness (QED) is 0.257. The van der Waals surface area contributed by atoms with Gasteiger partial charge in [-0.2, -0.15) is 26.3 Å². The number of carbonyl (C=O) groups excluding carboxylic acids is 1. The molecule has 1 saturated heterocycles. The van der Waals surface area contributed by atoms with Gasteiger partial charge in [0.2, 0.25) is 5.91 Å². The largest absolute Gasteiger partial charge is 0.480 e. The van der Waals surface area contributed by atoms with E-state index in [0.29, 0.717) is 16.5 Å². The Kier molecular flexibility index (Phi) is 7.64. The summed E-state index contributed by atoms with van der Waals surface area (Å²) in [5.41, 5.74) is -0.503. The maximum Gasteiger partial charge on any atom is 0.403 e. The Hall–Kier alpha value is -4.13. The summed E-state index contributed by atoms with van der Waals surface area (Å²) in [6.07, 6.45) is -10.3. The molecule has 42 heavy (non-hydrogen) atoms. The first-order valence-electron chi connectivity index (χ1n) is 13.0. The zero-order chi connectivity index (χ0) is 30.3. The smallest absolute Gasteiger partial charge is 0.403 e. The van der Waals surface area contributed by atoms with Crippen molar-refractivity contribution in [1.29, 1.82) is 0 Å². The topological polar surface area (TPSA) is 95.7 Å². The molecule has 3 aromatic carbocycles. The molecule has 4 aromatic rings. The number of carbonyl (C=O) groups is 2. The van der Waals surface area contributed by atoms with Crippen LogP contribution in [0.1, 0.15) is 18.4 Å². The zero-order valence-electron chi connectivity index (χ0n) is 21.9. The highest BCUT2D eigenvalue weighted by molar-refractivity contribution is 6.04. The van der Waals surface area contributed by atoms with Gasteiger partial charge in [0.15, 0.2) is 5.58 Å². The molecule has 2 heterocycles. The third-order valence-corrected chi connectivity index (χ3v) is 7.80. The van der Waals surface area contributed by atoms with Crippen molar-refractivity contribution < 1.29 is 45.6 Å². The molecule has 0 radical (unpaired) electrons. The van der Waals surface area contributed by atoms with Gasteiger partial charge < -0.3 is 14.9 Å². The fraction of sp³-hybridized carbons (Fsp3) is 0.345. The predicted molar refractivity (Wildman–Crippen MR) is 140 cm³/mol. The lowest BCUT2D eigenvalue weighted by atomic mass is 9.76. The molecule has 0 aliphatic carbocycles. The van der Waals surface area contributed by atoms with Gasteiger partial charge in [0.05, 0.1) is 12.7 Å². The van der Waals surface area contributed by atoms with E-state index in [0.717, 1.165) is 26.8 Å². The first kappa shape index (κ1) is 29.4. The van der Waals surface area contributed by atoms with Crippen LogP contribution in [0.2, 0.25) is 0 Å². The number of benzene rings is 3. The Balaban J connectivity index is 1.42. The van der Waals surface area contributed by atoms with Gasteiger partial charge in [0.1, 0.15) is 11.5 Å². The number of rotatable bonds is 7. The van der Waals surface area contributed by atoms with Crippen LogP contribution in [0.5, 0.6) is 0 Å². The Morgan fingerprint density at radius 1 is 0.952 bits per heavy atom. The fourth-order valence-electron chi connectivity index (χ4n) is 5.60. The van der Waals surface area contributed by atoms with Crippen molar-refractivity contribution in [2.75, 3.05) is 19.6 Å². The SMILES string of the molecule is O=C(O)[C@H](Cc1cccc2c(-c3cccc4cnoc34)cccc12)NC(=O)C1(C(F)(F)F)CCN(CC(F)(F)F)CC1. The Labute approximate surface area is 235 Å². The van der Waals surface area contributed by atoms with Crippen molar-refractivity contribution in [2.24, 2.45) is 5.41 Å². The Morgan fingerprint density at radius 2 is 1.60 bits per heavy atom. The van der Waals surface area contributed by atoms with Crippen LogP contribution in [0.25, 0.3) is 32.9 Å². The number of hydrogen-bond acceptors (Lipinski definition) is 5. The number of alkyl halides is 6. The number of aromatic nitrogens is 1. The lowest BCUT2D eigenvalue weighted by Gasteiger charge is -2.42. The predicted octanol–water partition coefficient (Wildman–Crippen LogP) is 5.97. The summed E-state index contributed by atoms with van der Waals surface area (Å²) in [4.78, 5) is 26.1. The van der Waals surface area contributed by atoms with Crippen molar-refractivity contribution in [3.63, 3.8) is 0 Å². The summed E-state index contributed by atoms with van der Waals surface area (Å²) in [6.45, 7) is -2.63. The van der Waals surface area contributed by atoms with E-state index in [1.807, 2.05) is 30.3 Å². The number of piperidine rings is 1. The Morgan fingerprint density at radius 3 is 2.26 bits per heavy atom. The van der Waals surface area contributed by atoms with Crippen LogP contribution in [0.4, 0.5) is 26.3 Å². The van der Waals surface area contributed by atoms with Crippen molar-refractivity contribution >= 4 is 33.6 Å². The monoisotopic (exact) mass is 593 g/mol. The van der Waals surface area contributed by atoms with Crippen molar-refractivity contribution in [1.82, 2.24) is 15.4 Å². The molecule has 1 aliphatic heterocycles. The number of para-hydroxylation sites is 1. The standard InChI is InChI=1S/C29H25F6N3O4/c30-28(31,32)16-38-12-10-27(11-13-38,29(33,34)35)26(41)37-23(25(39)40)14-17-4-1-7-20-19(17)6-3-8-21(20)22-9-2-5-18-15-36-42-24(18)22/h1-9,15,23H,10-14,16H2,(H,37,41)(H,39,40)/t23-/m0/s1. The molecule has 13 heteroatoms. The molecule has 1 aromatic heterocycles. The first-order chi connectivity index (χ1) is 19.8. The lowest BCUT2D eigenvalue weighted by Crippen LogP contribution is -2.59. The van der Waals surface area contributed by atoms with Gasteiger partial charge >= 0.3 is 18.3 Å². The number of likely N-dealkylation sites (tertiary alicyclic amines) is 1. The van der Waals surface area contributed by atoms with Crippen molar-refractivity contribution in [3.05, 3.63) is 66.4 Å². The molecule has 222 valence electrons. The van der Waals surface area contributed by atoms with E-state index in [2.05, 4.69) is 10.5 Å². The summed E-state index contributed by atoms with van der Waals surface area (Å²) < 4.78 is 86.4. The van der Waals surface area contributed by atoms with Gasteiger partial charge in [-0.15, -0.1) is 0 Å². The van der Waals surface area contributed by atoms with Gasteiger partial charge in [-0.3, -0.25) is 9.69 Å². The molecule has 1 aliphatic rings. The minimum atomic E-state index is -5.10. The summed E-state index contributed by atoms with van der Waals surface area (Å²) in [5, 5.41) is 17.9. The maximum absolute atomic E-state index is 14.2. The van der Waals surface area contributed by atoms with E-state index >= 15 is 0 Å². The van der Waals surface area contributed by atoms with Gasteiger partial charge in [-0.05, 0) is 53.9 Å². The summed E-state index contributed by atoms with van der Waals surface area (Å²) in [7, 11) is 0. The van der Waals surface area contributed by atoms with Gasteiger partial charge in [0.25, 0.3) is 0 Å². The van der Waals surface area contributed by atoms with E-state index in [-0.39, 0.29) is 6.42 Å². The van der Waals surface area contributed by atoms with E-state index in [1.165, 1.54) is 0 Å². The van der Waals surface area contributed by atoms with Crippen LogP contribution < -0.4 is 5.32 Å². The molecule has 0 saturated carbocycles. The van der Waals surface area contributed by atoms with Crippen molar-refractivity contribution in [2.45, 2.75) is 37.7 Å². The molecule has 7 nitrogen and oxygen atoms in total. The molecular weight excluding hydrogens is 568 g/mol. The minimum Gasteiger partial charge on any atom is -0.480 e. The highest BCUT2D eigenvalue weighted by Crippen LogP contribution is 2.47. The van der Waals surface area contributed by atoms with E-state index in [9.17, 15) is 41.0 Å². The highest BCUT2D eigenvalue weighted by Gasteiger charge is 2.61. The van der Waals surface area contributed by atoms with Crippen LogP contribution in [0.15, 0.2) is 65.3 Å². The number of fused-ring (bicyclic) bond motifs is 2. The van der Waals surface area contributed by atoms with Crippen molar-refractivity contribution in [3.8, 4) is 11.1 Å². The molecule has 1 atom stereocenters. The number of nitrogens with zero attached hydrogens (tertiary/aromatic N) is 2. The number of amides is 1. The van der Waals surface area contributed by atoms with Gasteiger partial charge in [-0.1, -0.05) is 53.7 Å². The number of halogens is 6. The van der Waals surface area contributed by atoms with Crippen LogP contribution in [0, 0.1) is 5.41 Å². The molecule has 2 N–H and O–H groups in total. The van der Waals surface area contributed by atoms with Gasteiger partial charge in [-0.25, -0.2) is 4.79 Å². The molecule has 5 rings (SSSR count). The summed E-state index contributed by atoms with van der Waals surface area (Å²) in [5.74, 6) is -3.11. The second kappa shape index (κ2) is 10.9. The normalized spacial score (nSPS) is 16.9. The lowest BCUT2D eigenvalue weighted by molar-refractivity contribution is -0.236. The average Bonchev–Trinajstić information content (AvgIpc) is 3.41. The molecule has 1 amide bonds. The van der Waals surface area contributed by atoms with E-state index in [1.54, 1.807) is 30.5 Å². The fourth-order valence-corrected chi connectivity index (χ4v) is 5.60. The van der Waals surface area contributed by atoms with E-state index < -0.39 is 68.2 Å². The number of carboxylic acids is 1. The van der Waals surface area contributed by atoms with Crippen LogP contribution in [-0.4, -0.2) is 65.1 Å². The molecule has 0 bridgehead atoms. The zero-order valence-corrected chi connectivity index (χ0v) is 21.9. The third kappa shape index (κ3) is 5.65. The van der Waals surface area contributed by atoms with Crippen LogP contribution >= 0.6 is 0 Å². The summed E-state index contributed by atoms with van der Waals surface area (Å²) in [6, 6.07) is 14.2. The van der Waals surface area contributed by atoms with E-state index in [4.69, 9.17) is 4.52 Å². The molecule has 0 unspecified atom stereocenters. The second-order valence-electron chi connectivity index (χ2n) is 10.4. The van der Waals surface area contributed by atoms with Crippen LogP contribution in [0.3, 0.4) is 0 Å². The maximum atomic E-state index is 14.2.